The monoisotopic (exact) mass is 217 g/mol. The maximum atomic E-state index is 11.3. The molecule has 0 aliphatic rings. The van der Waals surface area contributed by atoms with E-state index < -0.39 is 11.4 Å². The highest BCUT2D eigenvalue weighted by molar-refractivity contribution is 5.81. The summed E-state index contributed by atoms with van der Waals surface area (Å²) in [6, 6.07) is 7.86. The number of fused-ring (bicyclic) bond motifs is 1. The Morgan fingerprint density at radius 2 is 2.06 bits per heavy atom. The highest BCUT2D eigenvalue weighted by Crippen LogP contribution is 2.29. The van der Waals surface area contributed by atoms with Crippen molar-refractivity contribution in [1.29, 1.82) is 0 Å². The number of carboxylic acid groups (broad SMARTS) is 1. The molecule has 0 aliphatic heterocycles. The fourth-order valence-electron chi connectivity index (χ4n) is 2.15. The van der Waals surface area contributed by atoms with Gasteiger partial charge in [0.2, 0.25) is 0 Å². The van der Waals surface area contributed by atoms with Gasteiger partial charge in [-0.15, -0.1) is 0 Å². The normalized spacial score (nSPS) is 11.9. The van der Waals surface area contributed by atoms with Gasteiger partial charge in [-0.2, -0.15) is 0 Å². The Balaban J connectivity index is 2.78. The van der Waals surface area contributed by atoms with Gasteiger partial charge < -0.3 is 9.51 Å². The molecule has 2 heterocycles. The van der Waals surface area contributed by atoms with E-state index in [1.165, 1.54) is 0 Å². The molecule has 3 nitrogen and oxygen atoms in total. The van der Waals surface area contributed by atoms with Crippen LogP contribution in [0.15, 0.2) is 30.5 Å². The molecule has 0 atom stereocenters. The van der Waals surface area contributed by atoms with Crippen LogP contribution < -0.4 is 0 Å². The van der Waals surface area contributed by atoms with Crippen LogP contribution in [-0.4, -0.2) is 15.5 Å². The van der Waals surface area contributed by atoms with E-state index in [0.717, 1.165) is 16.8 Å². The average molecular weight is 217 g/mol. The van der Waals surface area contributed by atoms with E-state index in [1.54, 1.807) is 13.8 Å². The summed E-state index contributed by atoms with van der Waals surface area (Å²) in [7, 11) is 0. The van der Waals surface area contributed by atoms with Crippen molar-refractivity contribution in [3.05, 3.63) is 41.7 Å². The van der Waals surface area contributed by atoms with Crippen LogP contribution in [0.1, 0.15) is 25.1 Å². The Morgan fingerprint density at radius 3 is 2.69 bits per heavy atom. The Morgan fingerprint density at radius 1 is 1.38 bits per heavy atom. The number of carbonyl (C=O) groups is 1. The lowest BCUT2D eigenvalue weighted by molar-refractivity contribution is -0.142. The van der Waals surface area contributed by atoms with E-state index in [-0.39, 0.29) is 0 Å². The van der Waals surface area contributed by atoms with Crippen LogP contribution in [0.2, 0.25) is 0 Å². The fraction of sp³-hybridized carbons (Fsp3) is 0.308. The summed E-state index contributed by atoms with van der Waals surface area (Å²) >= 11 is 0. The Bertz CT molecular complexity index is 552. The Hall–Kier alpha value is -1.77. The Labute approximate surface area is 94.3 Å². The van der Waals surface area contributed by atoms with Gasteiger partial charge in [-0.25, -0.2) is 0 Å². The van der Waals surface area contributed by atoms with Crippen LogP contribution in [0.4, 0.5) is 0 Å². The predicted octanol–water partition coefficient (Wildman–Crippen LogP) is 2.61. The molecule has 2 aromatic heterocycles. The van der Waals surface area contributed by atoms with Gasteiger partial charge in [-0.05, 0) is 44.5 Å². The van der Waals surface area contributed by atoms with Gasteiger partial charge in [0, 0.05) is 17.4 Å². The quantitative estimate of drug-likeness (QED) is 0.840. The zero-order valence-electron chi connectivity index (χ0n) is 9.69. The van der Waals surface area contributed by atoms with Gasteiger partial charge in [-0.3, -0.25) is 4.79 Å². The van der Waals surface area contributed by atoms with Crippen molar-refractivity contribution in [3.8, 4) is 0 Å². The number of rotatable bonds is 2. The zero-order chi connectivity index (χ0) is 11.9. The number of hydrogen-bond donors (Lipinski definition) is 1. The first-order valence-electron chi connectivity index (χ1n) is 5.25. The lowest BCUT2D eigenvalue weighted by atomic mass is 9.87. The second-order valence-corrected chi connectivity index (χ2v) is 4.60. The largest absolute Gasteiger partial charge is 0.481 e. The van der Waals surface area contributed by atoms with Gasteiger partial charge in [-0.1, -0.05) is 6.07 Å². The maximum absolute atomic E-state index is 11.3. The number of carboxylic acids is 1. The standard InChI is InChI=1S/C13H15NO2/c1-9-8-10-6-4-5-7-14(10)11(9)13(2,3)12(15)16/h4-8H,1-3H3,(H,15,16). The second-order valence-electron chi connectivity index (χ2n) is 4.60. The highest BCUT2D eigenvalue weighted by Gasteiger charge is 2.33. The van der Waals surface area contributed by atoms with Gasteiger partial charge in [0.05, 0.1) is 0 Å². The minimum atomic E-state index is -0.877. The topological polar surface area (TPSA) is 41.7 Å². The second kappa shape index (κ2) is 3.37. The van der Waals surface area contributed by atoms with Gasteiger partial charge >= 0.3 is 5.97 Å². The van der Waals surface area contributed by atoms with Crippen LogP contribution in [0.3, 0.4) is 0 Å². The molecule has 0 saturated carbocycles. The molecule has 0 aliphatic carbocycles. The summed E-state index contributed by atoms with van der Waals surface area (Å²) in [4.78, 5) is 11.3. The lowest BCUT2D eigenvalue weighted by Crippen LogP contribution is -2.30. The van der Waals surface area contributed by atoms with Crippen LogP contribution in [0.25, 0.3) is 5.52 Å². The first-order chi connectivity index (χ1) is 7.44. The SMILES string of the molecule is Cc1cc2ccccn2c1C(C)(C)C(=O)O. The third-order valence-corrected chi connectivity index (χ3v) is 3.00. The summed E-state index contributed by atoms with van der Waals surface area (Å²) in [5.74, 6) is -0.806. The zero-order valence-corrected chi connectivity index (χ0v) is 9.69. The molecule has 1 N–H and O–H groups in total. The molecule has 0 radical (unpaired) electrons. The third-order valence-electron chi connectivity index (χ3n) is 3.00. The number of nitrogens with zero attached hydrogens (tertiary/aromatic N) is 1. The van der Waals surface area contributed by atoms with Crippen molar-refractivity contribution in [2.24, 2.45) is 0 Å². The first-order valence-corrected chi connectivity index (χ1v) is 5.25. The van der Waals surface area contributed by atoms with Crippen LogP contribution in [-0.2, 0) is 10.2 Å². The fourth-order valence-corrected chi connectivity index (χ4v) is 2.15. The molecular formula is C13H15NO2. The number of aliphatic carboxylic acids is 1. The van der Waals surface area contributed by atoms with Crippen molar-refractivity contribution in [3.63, 3.8) is 0 Å². The van der Waals surface area contributed by atoms with E-state index in [9.17, 15) is 9.90 Å². The number of pyridine rings is 1. The average Bonchev–Trinajstić information content (AvgIpc) is 2.53. The Kier molecular flexibility index (Phi) is 2.26. The van der Waals surface area contributed by atoms with E-state index in [2.05, 4.69) is 0 Å². The maximum Gasteiger partial charge on any atom is 0.315 e. The van der Waals surface area contributed by atoms with Crippen molar-refractivity contribution in [2.45, 2.75) is 26.2 Å². The van der Waals surface area contributed by atoms with E-state index >= 15 is 0 Å². The van der Waals surface area contributed by atoms with Crippen LogP contribution in [0, 0.1) is 6.92 Å². The molecule has 0 spiro atoms. The summed E-state index contributed by atoms with van der Waals surface area (Å²) < 4.78 is 1.95. The van der Waals surface area contributed by atoms with Crippen molar-refractivity contribution < 1.29 is 9.90 Å². The molecule has 2 aromatic rings. The number of aromatic nitrogens is 1. The van der Waals surface area contributed by atoms with E-state index in [0.29, 0.717) is 0 Å². The van der Waals surface area contributed by atoms with Gasteiger partial charge in [0.1, 0.15) is 5.41 Å². The molecule has 3 heteroatoms. The number of hydrogen-bond acceptors (Lipinski definition) is 1. The molecule has 2 rings (SSSR count). The lowest BCUT2D eigenvalue weighted by Gasteiger charge is -2.20. The van der Waals surface area contributed by atoms with Gasteiger partial charge in [0.15, 0.2) is 0 Å². The minimum Gasteiger partial charge on any atom is -0.481 e. The highest BCUT2D eigenvalue weighted by atomic mass is 16.4. The molecule has 0 amide bonds. The third kappa shape index (κ3) is 1.40. The first kappa shape index (κ1) is 10.7. The summed E-state index contributed by atoms with van der Waals surface area (Å²) in [6.45, 7) is 5.42. The van der Waals surface area contributed by atoms with Gasteiger partial charge in [0.25, 0.3) is 0 Å². The smallest absolute Gasteiger partial charge is 0.315 e. The van der Waals surface area contributed by atoms with E-state index in [1.807, 2.05) is 41.8 Å². The summed E-state index contributed by atoms with van der Waals surface area (Å²) in [5.41, 5.74) is 2.01. The van der Waals surface area contributed by atoms with Crippen LogP contribution in [0.5, 0.6) is 0 Å². The molecular weight excluding hydrogens is 202 g/mol. The molecule has 0 bridgehead atoms. The van der Waals surface area contributed by atoms with Crippen LogP contribution >= 0.6 is 0 Å². The molecule has 84 valence electrons. The van der Waals surface area contributed by atoms with Crippen molar-refractivity contribution in [2.75, 3.05) is 0 Å². The van der Waals surface area contributed by atoms with Crippen molar-refractivity contribution in [1.82, 2.24) is 4.40 Å². The predicted molar refractivity (Wildman–Crippen MR) is 62.8 cm³/mol. The number of aryl methyl sites for hydroxylation is 1. The molecule has 0 unspecified atom stereocenters. The molecule has 0 fully saturated rings. The molecule has 0 aromatic carbocycles. The van der Waals surface area contributed by atoms with E-state index in [4.69, 9.17) is 0 Å². The summed E-state index contributed by atoms with van der Waals surface area (Å²) in [6.07, 6.45) is 1.91. The van der Waals surface area contributed by atoms with Crippen molar-refractivity contribution >= 4 is 11.5 Å². The molecule has 16 heavy (non-hydrogen) atoms. The summed E-state index contributed by atoms with van der Waals surface area (Å²) in [5, 5.41) is 9.28. The molecule has 0 saturated heterocycles. The minimum absolute atomic E-state index is 0.806.